The number of phosphoric ester groups is 1. The Labute approximate surface area is 495 Å². The van der Waals surface area contributed by atoms with E-state index >= 15 is 0 Å². The smallest absolute Gasteiger partial charge is 0.462 e. The van der Waals surface area contributed by atoms with Crippen molar-refractivity contribution in [2.75, 3.05) is 47.5 Å². The number of carbonyl (C=O) groups is 2. The predicted molar refractivity (Wildman–Crippen MR) is 344 cm³/mol. The molecule has 0 heterocycles. The molecular formula is C70H129NO8P+. The highest BCUT2D eigenvalue weighted by Crippen LogP contribution is 2.43. The van der Waals surface area contributed by atoms with Gasteiger partial charge < -0.3 is 18.9 Å². The maximum Gasteiger partial charge on any atom is 0.472 e. The van der Waals surface area contributed by atoms with E-state index in [2.05, 4.69) is 86.8 Å². The second-order valence-corrected chi connectivity index (χ2v) is 25.3. The summed E-state index contributed by atoms with van der Waals surface area (Å²) in [5.74, 6) is -0.817. The summed E-state index contributed by atoms with van der Waals surface area (Å²) in [4.78, 5) is 35.7. The van der Waals surface area contributed by atoms with Gasteiger partial charge in [-0.3, -0.25) is 18.6 Å². The maximum atomic E-state index is 12.8. The Morgan fingerprint density at radius 1 is 0.400 bits per heavy atom. The van der Waals surface area contributed by atoms with Crippen LogP contribution in [0.25, 0.3) is 0 Å². The molecule has 0 saturated heterocycles. The molecule has 0 rings (SSSR count). The quantitative estimate of drug-likeness (QED) is 0.0211. The lowest BCUT2D eigenvalue weighted by atomic mass is 10.0. The number of esters is 2. The third-order valence-electron chi connectivity index (χ3n) is 14.7. The predicted octanol–water partition coefficient (Wildman–Crippen LogP) is 21.6. The van der Waals surface area contributed by atoms with E-state index in [1.807, 2.05) is 21.1 Å². The van der Waals surface area contributed by atoms with Crippen molar-refractivity contribution in [1.82, 2.24) is 0 Å². The molecular weight excluding hydrogens is 1010 g/mol. The number of ether oxygens (including phenoxy) is 2. The minimum atomic E-state index is -4.40. The minimum Gasteiger partial charge on any atom is -0.462 e. The molecule has 0 aliphatic rings. The van der Waals surface area contributed by atoms with Crippen molar-refractivity contribution in [2.45, 2.75) is 315 Å². The Kier molecular flexibility index (Phi) is 59.1. The molecule has 1 N–H and O–H groups in total. The zero-order valence-corrected chi connectivity index (χ0v) is 54.0. The van der Waals surface area contributed by atoms with Crippen molar-refractivity contribution in [3.8, 4) is 0 Å². The van der Waals surface area contributed by atoms with Gasteiger partial charge in [0, 0.05) is 12.8 Å². The highest BCUT2D eigenvalue weighted by Gasteiger charge is 2.27. The van der Waals surface area contributed by atoms with E-state index in [4.69, 9.17) is 18.5 Å². The Bertz CT molecular complexity index is 1580. The van der Waals surface area contributed by atoms with Crippen molar-refractivity contribution in [2.24, 2.45) is 0 Å². The molecule has 0 aromatic carbocycles. The van der Waals surface area contributed by atoms with Gasteiger partial charge in [-0.2, -0.15) is 0 Å². The van der Waals surface area contributed by atoms with E-state index in [1.165, 1.54) is 199 Å². The molecule has 0 spiro atoms. The van der Waals surface area contributed by atoms with Gasteiger partial charge in [-0.1, -0.05) is 286 Å². The first kappa shape index (κ1) is 77.5. The third-order valence-corrected chi connectivity index (χ3v) is 15.7. The minimum absolute atomic E-state index is 0.0254. The van der Waals surface area contributed by atoms with E-state index in [9.17, 15) is 19.0 Å². The van der Waals surface area contributed by atoms with E-state index in [0.717, 1.165) is 77.0 Å². The number of nitrogens with zero attached hydrogens (tertiary/aromatic N) is 1. The molecule has 9 nitrogen and oxygen atoms in total. The molecule has 2 unspecified atom stereocenters. The fraction of sp³-hybridized carbons (Fsp3) is 0.800. The number of quaternary nitrogens is 1. The monoisotopic (exact) mass is 1140 g/mol. The van der Waals surface area contributed by atoms with Gasteiger partial charge in [0.15, 0.2) is 6.10 Å². The summed E-state index contributed by atoms with van der Waals surface area (Å²) in [5, 5.41) is 0. The largest absolute Gasteiger partial charge is 0.472 e. The lowest BCUT2D eigenvalue weighted by Crippen LogP contribution is -2.37. The van der Waals surface area contributed by atoms with Crippen LogP contribution in [0.4, 0.5) is 0 Å². The highest BCUT2D eigenvalue weighted by atomic mass is 31.2. The molecule has 0 aliphatic heterocycles. The molecule has 0 fully saturated rings. The van der Waals surface area contributed by atoms with Crippen LogP contribution in [-0.2, 0) is 32.7 Å². The van der Waals surface area contributed by atoms with Gasteiger partial charge in [0.05, 0.1) is 27.7 Å². The second kappa shape index (κ2) is 61.0. The highest BCUT2D eigenvalue weighted by molar-refractivity contribution is 7.47. The van der Waals surface area contributed by atoms with Gasteiger partial charge in [-0.15, -0.1) is 0 Å². The number of likely N-dealkylation sites (N-methyl/N-ethyl adjacent to an activating group) is 1. The van der Waals surface area contributed by atoms with Gasteiger partial charge in [0.25, 0.3) is 0 Å². The number of hydrogen-bond donors (Lipinski definition) is 1. The number of hydrogen-bond acceptors (Lipinski definition) is 7. The number of allylic oxidation sites excluding steroid dienone is 12. The van der Waals surface area contributed by atoms with Crippen LogP contribution in [0.3, 0.4) is 0 Å². The zero-order chi connectivity index (χ0) is 58.4. The summed E-state index contributed by atoms with van der Waals surface area (Å²) in [6.07, 6.45) is 81.7. The van der Waals surface area contributed by atoms with E-state index in [-0.39, 0.29) is 32.0 Å². The SMILES string of the molecule is CC/C=C\C/C=C\C/C=C\C/C=C\CCCCCCC(=O)OC(COC(=O)CCCCCCCCCCCCCCCCCCCCCCCCCCCCC/C=C\C/C=C\CCCCCCC)COP(=O)(O)OCC[N+](C)(C)C. The second-order valence-electron chi connectivity index (χ2n) is 23.8. The molecule has 0 amide bonds. The fourth-order valence-electron chi connectivity index (χ4n) is 9.57. The molecule has 2 atom stereocenters. The van der Waals surface area contributed by atoms with Crippen LogP contribution in [0, 0.1) is 0 Å². The van der Waals surface area contributed by atoms with Crippen molar-refractivity contribution in [3.63, 3.8) is 0 Å². The summed E-state index contributed by atoms with van der Waals surface area (Å²) < 4.78 is 34.6. The summed E-state index contributed by atoms with van der Waals surface area (Å²) in [6, 6.07) is 0. The molecule has 466 valence electrons. The van der Waals surface area contributed by atoms with Gasteiger partial charge in [-0.25, -0.2) is 4.57 Å². The van der Waals surface area contributed by atoms with E-state index in [1.54, 1.807) is 0 Å². The molecule has 80 heavy (non-hydrogen) atoms. The summed E-state index contributed by atoms with van der Waals surface area (Å²) in [7, 11) is 1.46. The van der Waals surface area contributed by atoms with E-state index < -0.39 is 26.5 Å². The average molecular weight is 1140 g/mol. The van der Waals surface area contributed by atoms with Crippen LogP contribution in [0.2, 0.25) is 0 Å². The zero-order valence-electron chi connectivity index (χ0n) is 53.1. The molecule has 0 aliphatic carbocycles. The Hall–Kier alpha value is -2.55. The van der Waals surface area contributed by atoms with Gasteiger partial charge in [0.2, 0.25) is 0 Å². The standard InChI is InChI=1S/C70H128NO8P/c1-6-8-10-12-14-16-18-20-22-24-25-26-27-28-29-30-31-32-33-34-35-36-37-38-39-40-41-42-43-44-45-47-48-50-52-54-56-58-60-62-69(72)76-66-68(67-78-80(74,75)77-65-64-71(3,4)5)79-70(73)63-61-59-57-55-53-51-49-46-23-21-19-17-15-13-11-9-7-2/h9,11,15,17-18,20-21,23-25,49,51,68H,6-8,10,12-14,16,19,22,26-48,50,52-67H2,1-5H3/p+1/b11-9-,17-15-,20-18-,23-21-,25-24-,51-49-. The van der Waals surface area contributed by atoms with Crippen LogP contribution in [0.5, 0.6) is 0 Å². The molecule has 0 bridgehead atoms. The van der Waals surface area contributed by atoms with Gasteiger partial charge >= 0.3 is 19.8 Å². The molecule has 0 aromatic heterocycles. The Balaban J connectivity index is 3.91. The number of rotatable bonds is 62. The van der Waals surface area contributed by atoms with Crippen LogP contribution >= 0.6 is 7.82 Å². The van der Waals surface area contributed by atoms with Crippen molar-refractivity contribution >= 4 is 19.8 Å². The number of phosphoric acid groups is 1. The molecule has 0 radical (unpaired) electrons. The topological polar surface area (TPSA) is 108 Å². The first-order chi connectivity index (χ1) is 39.0. The average Bonchev–Trinajstić information content (AvgIpc) is 3.42. The van der Waals surface area contributed by atoms with Crippen LogP contribution in [0.1, 0.15) is 309 Å². The normalized spacial score (nSPS) is 13.6. The molecule has 10 heteroatoms. The van der Waals surface area contributed by atoms with Crippen molar-refractivity contribution in [1.29, 1.82) is 0 Å². The number of carbonyl (C=O) groups excluding carboxylic acids is 2. The van der Waals surface area contributed by atoms with Crippen LogP contribution in [0.15, 0.2) is 72.9 Å². The molecule has 0 saturated carbocycles. The maximum absolute atomic E-state index is 12.8. The molecule has 0 aromatic rings. The number of unbranched alkanes of at least 4 members (excludes halogenated alkanes) is 36. The first-order valence-corrected chi connectivity index (χ1v) is 35.2. The third kappa shape index (κ3) is 64.6. The van der Waals surface area contributed by atoms with Crippen molar-refractivity contribution in [3.05, 3.63) is 72.9 Å². The van der Waals surface area contributed by atoms with E-state index in [0.29, 0.717) is 17.4 Å². The Morgan fingerprint density at radius 3 is 1.06 bits per heavy atom. The van der Waals surface area contributed by atoms with Gasteiger partial charge in [-0.05, 0) is 83.5 Å². The van der Waals surface area contributed by atoms with Gasteiger partial charge in [0.1, 0.15) is 19.8 Å². The summed E-state index contributed by atoms with van der Waals surface area (Å²) in [6.45, 7) is 4.31. The van der Waals surface area contributed by atoms with Crippen molar-refractivity contribution < 1.29 is 42.1 Å². The lowest BCUT2D eigenvalue weighted by molar-refractivity contribution is -0.870. The summed E-state index contributed by atoms with van der Waals surface area (Å²) >= 11 is 0. The Morgan fingerprint density at radius 2 is 0.713 bits per heavy atom. The first-order valence-electron chi connectivity index (χ1n) is 33.7. The lowest BCUT2D eigenvalue weighted by Gasteiger charge is -2.24. The van der Waals surface area contributed by atoms with Crippen LogP contribution in [-0.4, -0.2) is 74.9 Å². The fourth-order valence-corrected chi connectivity index (χ4v) is 10.3. The summed E-state index contributed by atoms with van der Waals surface area (Å²) in [5.41, 5.74) is 0. The van der Waals surface area contributed by atoms with Crippen LogP contribution < -0.4 is 0 Å².